The highest BCUT2D eigenvalue weighted by Crippen LogP contribution is 2.32. The lowest BCUT2D eigenvalue weighted by Crippen LogP contribution is -2.36. The second kappa shape index (κ2) is 5.68. The minimum absolute atomic E-state index is 0.0449. The van der Waals surface area contributed by atoms with E-state index in [0.717, 1.165) is 31.5 Å². The number of hydrogen-bond acceptors (Lipinski definition) is 3. The van der Waals surface area contributed by atoms with Crippen LogP contribution in [0, 0.1) is 0 Å². The number of fused-ring (bicyclic) bond motifs is 1. The number of hydrogen-bond donors (Lipinski definition) is 0. The van der Waals surface area contributed by atoms with Crippen LogP contribution in [0.15, 0.2) is 24.4 Å². The third kappa shape index (κ3) is 2.44. The number of aromatic nitrogens is 3. The van der Waals surface area contributed by atoms with Gasteiger partial charge in [-0.2, -0.15) is 9.90 Å². The van der Waals surface area contributed by atoms with E-state index in [4.69, 9.17) is 0 Å². The van der Waals surface area contributed by atoms with Gasteiger partial charge in [0.25, 0.3) is 5.91 Å². The fourth-order valence-electron chi connectivity index (χ4n) is 2.91. The minimum Gasteiger partial charge on any atom is -0.306 e. The molecule has 0 saturated carbocycles. The first-order valence-electron chi connectivity index (χ1n) is 7.57. The van der Waals surface area contributed by atoms with E-state index in [1.807, 2.05) is 11.8 Å². The molecule has 1 amide bonds. The van der Waals surface area contributed by atoms with E-state index in [-0.39, 0.29) is 5.91 Å². The van der Waals surface area contributed by atoms with Gasteiger partial charge in [0, 0.05) is 6.54 Å². The van der Waals surface area contributed by atoms with Gasteiger partial charge in [-0.25, -0.2) is 0 Å². The number of para-hydroxylation sites is 1. The first-order chi connectivity index (χ1) is 10.2. The Bertz CT molecular complexity index is 648. The molecule has 2 heterocycles. The lowest BCUT2D eigenvalue weighted by atomic mass is 9.96. The molecule has 0 fully saturated rings. The molecule has 1 aromatic heterocycles. The zero-order chi connectivity index (χ0) is 14.8. The van der Waals surface area contributed by atoms with Gasteiger partial charge in [-0.05, 0) is 37.3 Å². The molecular formula is C16H20N4O. The Morgan fingerprint density at radius 3 is 2.90 bits per heavy atom. The van der Waals surface area contributed by atoms with E-state index in [2.05, 4.69) is 35.3 Å². The van der Waals surface area contributed by atoms with Crippen LogP contribution in [0.4, 0.5) is 5.69 Å². The van der Waals surface area contributed by atoms with Crippen LogP contribution in [0.1, 0.15) is 41.9 Å². The maximum absolute atomic E-state index is 12.8. The molecule has 3 rings (SSSR count). The van der Waals surface area contributed by atoms with Gasteiger partial charge >= 0.3 is 0 Å². The number of rotatable bonds is 3. The molecule has 0 spiro atoms. The maximum atomic E-state index is 12.8. The molecule has 0 atom stereocenters. The highest BCUT2D eigenvalue weighted by molar-refractivity contribution is 6.05. The molecule has 1 aromatic carbocycles. The second-order valence-corrected chi connectivity index (χ2v) is 5.26. The van der Waals surface area contributed by atoms with Gasteiger partial charge in [0.1, 0.15) is 0 Å². The molecule has 0 radical (unpaired) electrons. The van der Waals surface area contributed by atoms with Crippen molar-refractivity contribution in [2.45, 2.75) is 39.7 Å². The topological polar surface area (TPSA) is 51.0 Å². The standard InChI is InChI=1S/C16H20N4O/c1-3-12-7-5-8-13-9-6-10-19(15(12)13)16(21)14-11-17-20(4-2)18-14/h5,7-8,11H,3-4,6,9-10H2,1-2H3. The van der Waals surface area contributed by atoms with Crippen LogP contribution in [-0.2, 0) is 19.4 Å². The third-order valence-corrected chi connectivity index (χ3v) is 3.97. The van der Waals surface area contributed by atoms with E-state index in [1.54, 1.807) is 11.0 Å². The summed E-state index contributed by atoms with van der Waals surface area (Å²) in [6.07, 6.45) is 4.52. The summed E-state index contributed by atoms with van der Waals surface area (Å²) in [6, 6.07) is 6.31. The van der Waals surface area contributed by atoms with Crippen LogP contribution in [-0.4, -0.2) is 27.4 Å². The van der Waals surface area contributed by atoms with Crippen molar-refractivity contribution in [1.29, 1.82) is 0 Å². The molecule has 1 aliphatic heterocycles. The van der Waals surface area contributed by atoms with Gasteiger partial charge in [-0.3, -0.25) is 4.79 Å². The summed E-state index contributed by atoms with van der Waals surface area (Å²) in [5.74, 6) is -0.0449. The van der Waals surface area contributed by atoms with Gasteiger partial charge in [0.2, 0.25) is 0 Å². The Morgan fingerprint density at radius 1 is 1.33 bits per heavy atom. The van der Waals surface area contributed by atoms with Crippen LogP contribution >= 0.6 is 0 Å². The van der Waals surface area contributed by atoms with Gasteiger partial charge < -0.3 is 4.90 Å². The Balaban J connectivity index is 1.99. The molecule has 2 aromatic rings. The van der Waals surface area contributed by atoms with Crippen molar-refractivity contribution >= 4 is 11.6 Å². The SMILES string of the molecule is CCc1cccc2c1N(C(=O)c1cnn(CC)n1)CCC2. The Morgan fingerprint density at radius 2 is 2.19 bits per heavy atom. The molecule has 0 bridgehead atoms. The summed E-state index contributed by atoms with van der Waals surface area (Å²) < 4.78 is 0. The quantitative estimate of drug-likeness (QED) is 0.870. The highest BCUT2D eigenvalue weighted by Gasteiger charge is 2.27. The van der Waals surface area contributed by atoms with Crippen LogP contribution in [0.25, 0.3) is 0 Å². The largest absolute Gasteiger partial charge is 0.306 e. The Hall–Kier alpha value is -2.17. The summed E-state index contributed by atoms with van der Waals surface area (Å²) in [6.45, 7) is 5.51. The minimum atomic E-state index is -0.0449. The number of benzene rings is 1. The highest BCUT2D eigenvalue weighted by atomic mass is 16.2. The summed E-state index contributed by atoms with van der Waals surface area (Å²) >= 11 is 0. The first-order valence-corrected chi connectivity index (χ1v) is 7.57. The van der Waals surface area contributed by atoms with E-state index in [1.165, 1.54) is 11.1 Å². The molecule has 110 valence electrons. The monoisotopic (exact) mass is 284 g/mol. The Labute approximate surface area is 124 Å². The molecule has 5 heteroatoms. The Kier molecular flexibility index (Phi) is 3.73. The molecule has 0 aliphatic carbocycles. The fraction of sp³-hybridized carbons (Fsp3) is 0.438. The van der Waals surface area contributed by atoms with E-state index >= 15 is 0 Å². The molecule has 5 nitrogen and oxygen atoms in total. The van der Waals surface area contributed by atoms with Gasteiger partial charge in [-0.1, -0.05) is 25.1 Å². The zero-order valence-corrected chi connectivity index (χ0v) is 12.5. The van der Waals surface area contributed by atoms with Crippen molar-refractivity contribution in [2.24, 2.45) is 0 Å². The van der Waals surface area contributed by atoms with E-state index in [0.29, 0.717) is 12.2 Å². The van der Waals surface area contributed by atoms with Crippen molar-refractivity contribution < 1.29 is 4.79 Å². The van der Waals surface area contributed by atoms with Gasteiger partial charge in [0.15, 0.2) is 5.69 Å². The van der Waals surface area contributed by atoms with E-state index in [9.17, 15) is 4.79 Å². The molecule has 21 heavy (non-hydrogen) atoms. The number of carbonyl (C=O) groups is 1. The van der Waals surface area contributed by atoms with Crippen LogP contribution in [0.5, 0.6) is 0 Å². The van der Waals surface area contributed by atoms with Crippen molar-refractivity contribution in [3.05, 3.63) is 41.2 Å². The predicted octanol–water partition coefficient (Wildman–Crippen LogP) is 2.45. The fourth-order valence-corrected chi connectivity index (χ4v) is 2.91. The van der Waals surface area contributed by atoms with Crippen molar-refractivity contribution in [1.82, 2.24) is 15.0 Å². The first kappa shape index (κ1) is 13.8. The van der Waals surface area contributed by atoms with Gasteiger partial charge in [-0.15, -0.1) is 5.10 Å². The number of amides is 1. The lowest BCUT2D eigenvalue weighted by molar-refractivity contribution is 0.0979. The van der Waals surface area contributed by atoms with Gasteiger partial charge in [0.05, 0.1) is 18.4 Å². The lowest BCUT2D eigenvalue weighted by Gasteiger charge is -2.31. The smallest absolute Gasteiger partial charge is 0.280 e. The van der Waals surface area contributed by atoms with Crippen molar-refractivity contribution in [3.8, 4) is 0 Å². The third-order valence-electron chi connectivity index (χ3n) is 3.97. The van der Waals surface area contributed by atoms with Crippen LogP contribution in [0.3, 0.4) is 0 Å². The molecule has 0 N–H and O–H groups in total. The second-order valence-electron chi connectivity index (χ2n) is 5.26. The van der Waals surface area contributed by atoms with Crippen LogP contribution < -0.4 is 4.90 Å². The molecular weight excluding hydrogens is 264 g/mol. The summed E-state index contributed by atoms with van der Waals surface area (Å²) in [5.41, 5.74) is 4.00. The molecule has 1 aliphatic rings. The zero-order valence-electron chi connectivity index (χ0n) is 12.5. The van der Waals surface area contributed by atoms with Crippen LogP contribution in [0.2, 0.25) is 0 Å². The number of nitrogens with zero attached hydrogens (tertiary/aromatic N) is 4. The summed E-state index contributed by atoms with van der Waals surface area (Å²) in [7, 11) is 0. The molecule has 0 saturated heterocycles. The van der Waals surface area contributed by atoms with Crippen molar-refractivity contribution in [2.75, 3.05) is 11.4 Å². The average Bonchev–Trinajstić information content (AvgIpc) is 3.02. The van der Waals surface area contributed by atoms with Crippen molar-refractivity contribution in [3.63, 3.8) is 0 Å². The molecule has 0 unspecified atom stereocenters. The normalized spacial score (nSPS) is 14.1. The predicted molar refractivity (Wildman–Crippen MR) is 81.5 cm³/mol. The van der Waals surface area contributed by atoms with E-state index < -0.39 is 0 Å². The number of anilines is 1. The average molecular weight is 284 g/mol. The summed E-state index contributed by atoms with van der Waals surface area (Å²) in [5, 5.41) is 8.35. The number of aryl methyl sites for hydroxylation is 3. The maximum Gasteiger partial charge on any atom is 0.280 e. The summed E-state index contributed by atoms with van der Waals surface area (Å²) in [4.78, 5) is 16.2. The number of carbonyl (C=O) groups excluding carboxylic acids is 1.